The van der Waals surface area contributed by atoms with Gasteiger partial charge in [0.05, 0.1) is 16.9 Å². The van der Waals surface area contributed by atoms with Crippen LogP contribution in [-0.2, 0) is 25.9 Å². The molecule has 0 amide bonds. The van der Waals surface area contributed by atoms with Crippen LogP contribution >= 0.6 is 11.6 Å². The Kier molecular flexibility index (Phi) is 3.44. The number of para-hydroxylation sites is 1. The summed E-state index contributed by atoms with van der Waals surface area (Å²) in [5.41, 5.74) is 3.36. The van der Waals surface area contributed by atoms with E-state index in [-0.39, 0.29) is 0 Å². The molecule has 20 heavy (non-hydrogen) atoms. The highest BCUT2D eigenvalue weighted by atomic mass is 35.5. The van der Waals surface area contributed by atoms with Gasteiger partial charge >= 0.3 is 0 Å². The Morgan fingerprint density at radius 3 is 2.85 bits per heavy atom. The third-order valence-electron chi connectivity index (χ3n) is 3.37. The first-order valence-electron chi connectivity index (χ1n) is 6.54. The molecule has 0 bridgehead atoms. The second kappa shape index (κ2) is 5.25. The molecule has 5 nitrogen and oxygen atoms in total. The SMILES string of the molecule is Cc1cccc2nc(CCl)n(CCc3ncn(C)n3)c12. The Bertz CT molecular complexity index is 743. The second-order valence-corrected chi connectivity index (χ2v) is 5.11. The standard InChI is InChI=1S/C14H16ClN5/c1-10-4-3-5-11-14(10)20(13(8-15)17-11)7-6-12-16-9-19(2)18-12/h3-5,9H,6-8H2,1-2H3. The van der Waals surface area contributed by atoms with E-state index in [9.17, 15) is 0 Å². The van der Waals surface area contributed by atoms with Gasteiger partial charge < -0.3 is 4.57 Å². The quantitative estimate of drug-likeness (QED) is 0.693. The van der Waals surface area contributed by atoms with Crippen molar-refractivity contribution in [2.24, 2.45) is 7.05 Å². The molecule has 3 aromatic rings. The van der Waals surface area contributed by atoms with E-state index in [2.05, 4.69) is 32.6 Å². The Labute approximate surface area is 122 Å². The number of hydrogen-bond acceptors (Lipinski definition) is 3. The van der Waals surface area contributed by atoms with Crippen LogP contribution in [0.1, 0.15) is 17.2 Å². The van der Waals surface area contributed by atoms with Gasteiger partial charge in [-0.05, 0) is 18.6 Å². The molecule has 0 aliphatic heterocycles. The van der Waals surface area contributed by atoms with Crippen molar-refractivity contribution in [2.45, 2.75) is 25.8 Å². The number of nitrogens with zero attached hydrogens (tertiary/aromatic N) is 5. The van der Waals surface area contributed by atoms with Crippen LogP contribution in [0.5, 0.6) is 0 Å². The molecule has 3 rings (SSSR count). The van der Waals surface area contributed by atoms with E-state index in [1.807, 2.05) is 19.2 Å². The molecular formula is C14H16ClN5. The van der Waals surface area contributed by atoms with Gasteiger partial charge in [0.15, 0.2) is 5.82 Å². The van der Waals surface area contributed by atoms with Gasteiger partial charge in [-0.3, -0.25) is 4.68 Å². The smallest absolute Gasteiger partial charge is 0.152 e. The Morgan fingerprint density at radius 1 is 1.30 bits per heavy atom. The van der Waals surface area contributed by atoms with Gasteiger partial charge in [0.1, 0.15) is 12.2 Å². The minimum atomic E-state index is 0.407. The molecule has 0 aliphatic rings. The predicted octanol–water partition coefficient (Wildman–Crippen LogP) is 2.45. The van der Waals surface area contributed by atoms with Crippen molar-refractivity contribution >= 4 is 22.6 Å². The molecular weight excluding hydrogens is 274 g/mol. The van der Waals surface area contributed by atoms with E-state index >= 15 is 0 Å². The van der Waals surface area contributed by atoms with Crippen molar-refractivity contribution in [1.82, 2.24) is 24.3 Å². The number of rotatable bonds is 4. The molecule has 0 N–H and O–H groups in total. The molecule has 0 saturated heterocycles. The van der Waals surface area contributed by atoms with Crippen LogP contribution in [-0.4, -0.2) is 24.3 Å². The zero-order valence-corrected chi connectivity index (χ0v) is 12.3. The summed E-state index contributed by atoms with van der Waals surface area (Å²) in [4.78, 5) is 8.85. The lowest BCUT2D eigenvalue weighted by Gasteiger charge is -2.07. The summed E-state index contributed by atoms with van der Waals surface area (Å²) in [5, 5.41) is 4.31. The largest absolute Gasteiger partial charge is 0.326 e. The van der Waals surface area contributed by atoms with E-state index < -0.39 is 0 Å². The number of imidazole rings is 1. The molecule has 104 valence electrons. The minimum Gasteiger partial charge on any atom is -0.326 e. The van der Waals surface area contributed by atoms with Crippen LogP contribution in [0, 0.1) is 6.92 Å². The summed E-state index contributed by atoms with van der Waals surface area (Å²) < 4.78 is 3.89. The average Bonchev–Trinajstić information content (AvgIpc) is 3.00. The Morgan fingerprint density at radius 2 is 2.15 bits per heavy atom. The second-order valence-electron chi connectivity index (χ2n) is 4.84. The summed E-state index contributed by atoms with van der Waals surface area (Å²) in [6.07, 6.45) is 2.49. The summed E-state index contributed by atoms with van der Waals surface area (Å²) in [6, 6.07) is 6.14. The van der Waals surface area contributed by atoms with E-state index in [4.69, 9.17) is 11.6 Å². The fraction of sp³-hybridized carbons (Fsp3) is 0.357. The summed E-state index contributed by atoms with van der Waals surface area (Å²) in [6.45, 7) is 2.88. The number of hydrogen-bond donors (Lipinski definition) is 0. The summed E-state index contributed by atoms with van der Waals surface area (Å²) >= 11 is 6.02. The van der Waals surface area contributed by atoms with E-state index in [1.165, 1.54) is 5.56 Å². The molecule has 0 atom stereocenters. The van der Waals surface area contributed by atoms with Gasteiger partial charge in [0, 0.05) is 20.0 Å². The highest BCUT2D eigenvalue weighted by Gasteiger charge is 2.12. The predicted molar refractivity (Wildman–Crippen MR) is 78.7 cm³/mol. The monoisotopic (exact) mass is 289 g/mol. The van der Waals surface area contributed by atoms with Crippen LogP contribution in [0.25, 0.3) is 11.0 Å². The first-order chi connectivity index (χ1) is 9.69. The maximum Gasteiger partial charge on any atom is 0.152 e. The van der Waals surface area contributed by atoms with E-state index in [0.717, 1.165) is 35.6 Å². The lowest BCUT2D eigenvalue weighted by Crippen LogP contribution is -2.07. The van der Waals surface area contributed by atoms with Crippen molar-refractivity contribution in [1.29, 1.82) is 0 Å². The van der Waals surface area contributed by atoms with Crippen molar-refractivity contribution in [3.05, 3.63) is 41.7 Å². The van der Waals surface area contributed by atoms with Gasteiger partial charge in [-0.15, -0.1) is 11.6 Å². The van der Waals surface area contributed by atoms with E-state index in [0.29, 0.717) is 5.88 Å². The van der Waals surface area contributed by atoms with Crippen LogP contribution in [0.3, 0.4) is 0 Å². The number of aromatic nitrogens is 5. The normalized spacial score (nSPS) is 11.3. The van der Waals surface area contributed by atoms with Crippen LogP contribution in [0.4, 0.5) is 0 Å². The zero-order chi connectivity index (χ0) is 14.1. The van der Waals surface area contributed by atoms with Gasteiger partial charge in [-0.1, -0.05) is 12.1 Å². The fourth-order valence-corrected chi connectivity index (χ4v) is 2.67. The average molecular weight is 290 g/mol. The molecule has 0 fully saturated rings. The lowest BCUT2D eigenvalue weighted by molar-refractivity contribution is 0.653. The van der Waals surface area contributed by atoms with Gasteiger partial charge in [0.25, 0.3) is 0 Å². The zero-order valence-electron chi connectivity index (χ0n) is 11.5. The molecule has 1 aromatic carbocycles. The topological polar surface area (TPSA) is 48.5 Å². The number of halogens is 1. The van der Waals surface area contributed by atoms with Gasteiger partial charge in [-0.25, -0.2) is 9.97 Å². The highest BCUT2D eigenvalue weighted by molar-refractivity contribution is 6.16. The summed E-state index contributed by atoms with van der Waals surface area (Å²) in [5.74, 6) is 2.14. The van der Waals surface area contributed by atoms with Crippen LogP contribution < -0.4 is 0 Å². The lowest BCUT2D eigenvalue weighted by atomic mass is 10.2. The molecule has 2 heterocycles. The fourth-order valence-electron chi connectivity index (χ4n) is 2.47. The van der Waals surface area contributed by atoms with Crippen molar-refractivity contribution < 1.29 is 0 Å². The molecule has 6 heteroatoms. The molecule has 0 aliphatic carbocycles. The Balaban J connectivity index is 1.97. The minimum absolute atomic E-state index is 0.407. The maximum atomic E-state index is 6.02. The Hall–Kier alpha value is -1.88. The number of alkyl halides is 1. The third kappa shape index (κ3) is 2.29. The molecule has 0 saturated carbocycles. The van der Waals surface area contributed by atoms with Crippen molar-refractivity contribution in [3.63, 3.8) is 0 Å². The van der Waals surface area contributed by atoms with E-state index in [1.54, 1.807) is 11.0 Å². The number of aryl methyl sites for hydroxylation is 4. The molecule has 0 unspecified atom stereocenters. The van der Waals surface area contributed by atoms with Crippen molar-refractivity contribution in [3.8, 4) is 0 Å². The highest BCUT2D eigenvalue weighted by Crippen LogP contribution is 2.21. The third-order valence-corrected chi connectivity index (χ3v) is 3.61. The number of benzene rings is 1. The first-order valence-corrected chi connectivity index (χ1v) is 7.07. The maximum absolute atomic E-state index is 6.02. The molecule has 0 spiro atoms. The molecule has 0 radical (unpaired) electrons. The van der Waals surface area contributed by atoms with Gasteiger partial charge in [0.2, 0.25) is 0 Å². The van der Waals surface area contributed by atoms with Crippen LogP contribution in [0.15, 0.2) is 24.5 Å². The van der Waals surface area contributed by atoms with Gasteiger partial charge in [-0.2, -0.15) is 5.10 Å². The first kappa shape index (κ1) is 13.1. The molecule has 2 aromatic heterocycles. The van der Waals surface area contributed by atoms with Crippen LogP contribution in [0.2, 0.25) is 0 Å². The number of fused-ring (bicyclic) bond motifs is 1. The summed E-state index contributed by atoms with van der Waals surface area (Å²) in [7, 11) is 1.87. The van der Waals surface area contributed by atoms with Crippen molar-refractivity contribution in [2.75, 3.05) is 0 Å².